The van der Waals surface area contributed by atoms with Crippen LogP contribution in [-0.2, 0) is 5.75 Å². The maximum atomic E-state index is 10.8. The monoisotopic (exact) mass is 211 g/mol. The fourth-order valence-corrected chi connectivity index (χ4v) is 1.90. The molecule has 0 spiro atoms. The predicted molar refractivity (Wildman–Crippen MR) is 58.6 cm³/mol. The van der Waals surface area contributed by atoms with E-state index < -0.39 is 5.97 Å². The summed E-state index contributed by atoms with van der Waals surface area (Å²) in [6, 6.07) is 7.05. The molecule has 0 saturated carbocycles. The summed E-state index contributed by atoms with van der Waals surface area (Å²) in [5, 5.41) is 8.89. The third-order valence-electron chi connectivity index (χ3n) is 1.77. The molecule has 14 heavy (non-hydrogen) atoms. The standard InChI is InChI=1S/C10H13NO2S/c11-5-6-14-7-8-3-1-2-4-9(8)10(12)13/h1-4H,5-7,11H2,(H,12,13). The van der Waals surface area contributed by atoms with Gasteiger partial charge in [-0.05, 0) is 11.6 Å². The Balaban J connectivity index is 2.69. The Kier molecular flexibility index (Phi) is 4.49. The molecule has 1 rings (SSSR count). The molecule has 0 radical (unpaired) electrons. The van der Waals surface area contributed by atoms with Crippen molar-refractivity contribution in [3.8, 4) is 0 Å². The van der Waals surface area contributed by atoms with Gasteiger partial charge in [0.15, 0.2) is 0 Å². The lowest BCUT2D eigenvalue weighted by atomic mass is 10.1. The largest absolute Gasteiger partial charge is 0.478 e. The molecule has 0 saturated heterocycles. The van der Waals surface area contributed by atoms with Gasteiger partial charge in [0.1, 0.15) is 0 Å². The van der Waals surface area contributed by atoms with E-state index >= 15 is 0 Å². The molecule has 0 aliphatic rings. The lowest BCUT2D eigenvalue weighted by molar-refractivity contribution is 0.0696. The van der Waals surface area contributed by atoms with Crippen molar-refractivity contribution in [3.63, 3.8) is 0 Å². The molecule has 0 aliphatic carbocycles. The summed E-state index contributed by atoms with van der Waals surface area (Å²) in [5.74, 6) is 0.696. The molecule has 1 aromatic rings. The maximum Gasteiger partial charge on any atom is 0.335 e. The third kappa shape index (κ3) is 3.05. The van der Waals surface area contributed by atoms with Gasteiger partial charge in [0.05, 0.1) is 5.56 Å². The quantitative estimate of drug-likeness (QED) is 0.726. The molecule has 0 heterocycles. The van der Waals surface area contributed by atoms with Gasteiger partial charge in [-0.2, -0.15) is 11.8 Å². The third-order valence-corrected chi connectivity index (χ3v) is 2.81. The Labute approximate surface area is 87.3 Å². The van der Waals surface area contributed by atoms with Crippen LogP contribution in [0.2, 0.25) is 0 Å². The number of carboxylic acids is 1. The first-order chi connectivity index (χ1) is 6.75. The molecular weight excluding hydrogens is 198 g/mol. The fraction of sp³-hybridized carbons (Fsp3) is 0.300. The molecule has 0 aliphatic heterocycles. The maximum absolute atomic E-state index is 10.8. The average Bonchev–Trinajstić information content (AvgIpc) is 2.19. The Bertz CT molecular complexity index is 315. The molecule has 0 unspecified atom stereocenters. The summed E-state index contributed by atoms with van der Waals surface area (Å²) in [6.45, 7) is 0.625. The van der Waals surface area contributed by atoms with Crippen molar-refractivity contribution in [2.45, 2.75) is 5.75 Å². The number of rotatable bonds is 5. The van der Waals surface area contributed by atoms with E-state index in [0.29, 0.717) is 17.9 Å². The highest BCUT2D eigenvalue weighted by atomic mass is 32.2. The lowest BCUT2D eigenvalue weighted by Crippen LogP contribution is -2.04. The first-order valence-corrected chi connectivity index (χ1v) is 5.50. The van der Waals surface area contributed by atoms with Gasteiger partial charge < -0.3 is 10.8 Å². The van der Waals surface area contributed by atoms with Gasteiger partial charge in [0.2, 0.25) is 0 Å². The molecule has 0 atom stereocenters. The minimum Gasteiger partial charge on any atom is -0.478 e. The Hall–Kier alpha value is -1.00. The van der Waals surface area contributed by atoms with Gasteiger partial charge in [-0.25, -0.2) is 4.79 Å². The van der Waals surface area contributed by atoms with Crippen molar-refractivity contribution in [2.75, 3.05) is 12.3 Å². The van der Waals surface area contributed by atoms with Crippen molar-refractivity contribution < 1.29 is 9.90 Å². The van der Waals surface area contributed by atoms with Crippen molar-refractivity contribution in [1.82, 2.24) is 0 Å². The Morgan fingerprint density at radius 1 is 1.43 bits per heavy atom. The van der Waals surface area contributed by atoms with E-state index in [0.717, 1.165) is 11.3 Å². The SMILES string of the molecule is NCCSCc1ccccc1C(=O)O. The molecule has 0 bridgehead atoms. The Morgan fingerprint density at radius 3 is 2.79 bits per heavy atom. The highest BCUT2D eigenvalue weighted by molar-refractivity contribution is 7.98. The number of nitrogens with two attached hydrogens (primary N) is 1. The van der Waals surface area contributed by atoms with Crippen LogP contribution in [0.4, 0.5) is 0 Å². The highest BCUT2D eigenvalue weighted by Crippen LogP contribution is 2.16. The van der Waals surface area contributed by atoms with Crippen LogP contribution in [-0.4, -0.2) is 23.4 Å². The average molecular weight is 211 g/mol. The number of carbonyl (C=O) groups is 1. The van der Waals surface area contributed by atoms with E-state index in [1.807, 2.05) is 12.1 Å². The minimum atomic E-state index is -0.867. The minimum absolute atomic E-state index is 0.386. The first-order valence-electron chi connectivity index (χ1n) is 4.34. The highest BCUT2D eigenvalue weighted by Gasteiger charge is 2.07. The van der Waals surface area contributed by atoms with Crippen LogP contribution in [0.3, 0.4) is 0 Å². The second kappa shape index (κ2) is 5.67. The zero-order valence-electron chi connectivity index (χ0n) is 7.77. The molecule has 4 heteroatoms. The summed E-state index contributed by atoms with van der Waals surface area (Å²) < 4.78 is 0. The van der Waals surface area contributed by atoms with E-state index in [1.165, 1.54) is 0 Å². The van der Waals surface area contributed by atoms with Gasteiger partial charge in [-0.3, -0.25) is 0 Å². The van der Waals surface area contributed by atoms with Gasteiger partial charge >= 0.3 is 5.97 Å². The number of thioether (sulfide) groups is 1. The fourth-order valence-electron chi connectivity index (χ4n) is 1.12. The van der Waals surface area contributed by atoms with Crippen molar-refractivity contribution in [2.24, 2.45) is 5.73 Å². The summed E-state index contributed by atoms with van der Waals surface area (Å²) in [7, 11) is 0. The summed E-state index contributed by atoms with van der Waals surface area (Å²) >= 11 is 1.65. The molecule has 0 aromatic heterocycles. The number of hydrogen-bond acceptors (Lipinski definition) is 3. The van der Waals surface area contributed by atoms with E-state index in [4.69, 9.17) is 10.8 Å². The van der Waals surface area contributed by atoms with Crippen LogP contribution < -0.4 is 5.73 Å². The normalized spacial score (nSPS) is 10.1. The lowest BCUT2D eigenvalue weighted by Gasteiger charge is -2.04. The second-order valence-corrected chi connectivity index (χ2v) is 3.91. The smallest absolute Gasteiger partial charge is 0.335 e. The summed E-state index contributed by atoms with van der Waals surface area (Å²) in [4.78, 5) is 10.8. The van der Waals surface area contributed by atoms with Crippen molar-refractivity contribution in [3.05, 3.63) is 35.4 Å². The van der Waals surface area contributed by atoms with Crippen LogP contribution in [0, 0.1) is 0 Å². The number of benzene rings is 1. The zero-order valence-corrected chi connectivity index (χ0v) is 8.59. The molecule has 0 fully saturated rings. The molecular formula is C10H13NO2S. The van der Waals surface area contributed by atoms with Crippen LogP contribution in [0.5, 0.6) is 0 Å². The topological polar surface area (TPSA) is 63.3 Å². The van der Waals surface area contributed by atoms with E-state index in [-0.39, 0.29) is 0 Å². The Morgan fingerprint density at radius 2 is 2.14 bits per heavy atom. The zero-order chi connectivity index (χ0) is 10.4. The van der Waals surface area contributed by atoms with Gasteiger partial charge in [-0.15, -0.1) is 0 Å². The second-order valence-electron chi connectivity index (χ2n) is 2.80. The first kappa shape index (κ1) is 11.1. The van der Waals surface area contributed by atoms with Gasteiger partial charge in [0, 0.05) is 18.1 Å². The van der Waals surface area contributed by atoms with Crippen LogP contribution in [0.15, 0.2) is 24.3 Å². The molecule has 0 amide bonds. The number of aromatic carboxylic acids is 1. The van der Waals surface area contributed by atoms with Crippen LogP contribution in [0.25, 0.3) is 0 Å². The van der Waals surface area contributed by atoms with Crippen molar-refractivity contribution in [1.29, 1.82) is 0 Å². The molecule has 1 aromatic carbocycles. The molecule has 76 valence electrons. The summed E-state index contributed by atoms with van der Waals surface area (Å²) in [5.41, 5.74) is 6.60. The van der Waals surface area contributed by atoms with Gasteiger partial charge in [0.25, 0.3) is 0 Å². The van der Waals surface area contributed by atoms with E-state index in [1.54, 1.807) is 23.9 Å². The van der Waals surface area contributed by atoms with E-state index in [2.05, 4.69) is 0 Å². The molecule has 3 N–H and O–H groups in total. The van der Waals surface area contributed by atoms with E-state index in [9.17, 15) is 4.79 Å². The molecule has 3 nitrogen and oxygen atoms in total. The summed E-state index contributed by atoms with van der Waals surface area (Å²) in [6.07, 6.45) is 0. The number of hydrogen-bond donors (Lipinski definition) is 2. The van der Waals surface area contributed by atoms with Crippen molar-refractivity contribution >= 4 is 17.7 Å². The van der Waals surface area contributed by atoms with Crippen LogP contribution >= 0.6 is 11.8 Å². The number of carboxylic acid groups (broad SMARTS) is 1. The van der Waals surface area contributed by atoms with Gasteiger partial charge in [-0.1, -0.05) is 18.2 Å². The van der Waals surface area contributed by atoms with Crippen LogP contribution in [0.1, 0.15) is 15.9 Å². The predicted octanol–water partition coefficient (Wildman–Crippen LogP) is 1.58.